The maximum Gasteiger partial charge on any atom is -0.00137 e. The second-order valence-corrected chi connectivity index (χ2v) is 12.7. The zero-order valence-electron chi connectivity index (χ0n) is 26.2. The van der Waals surface area contributed by atoms with Crippen molar-refractivity contribution in [1.29, 1.82) is 0 Å². The van der Waals surface area contributed by atoms with Crippen LogP contribution in [0.15, 0.2) is 176 Å². The van der Waals surface area contributed by atoms with Crippen LogP contribution in [0.5, 0.6) is 0 Å². The Kier molecular flexibility index (Phi) is 5.98. The fourth-order valence-corrected chi connectivity index (χ4v) is 8.00. The first-order valence-electron chi connectivity index (χ1n) is 16.6. The Morgan fingerprint density at radius 1 is 0.292 bits per heavy atom. The van der Waals surface area contributed by atoms with Crippen molar-refractivity contribution in [3.05, 3.63) is 182 Å². The molecule has 0 spiro atoms. The molecule has 10 aromatic rings. The molecule has 1 radical (unpaired) electrons. The highest BCUT2D eigenvalue weighted by molar-refractivity contribution is 6.24. The molecular formula is C48H29. The van der Waals surface area contributed by atoms with Crippen LogP contribution in [0.25, 0.3) is 98.0 Å². The van der Waals surface area contributed by atoms with Crippen molar-refractivity contribution in [3.8, 4) is 33.4 Å². The summed E-state index contributed by atoms with van der Waals surface area (Å²) in [7, 11) is 0. The molecule has 0 aliphatic rings. The molecule has 0 unspecified atom stereocenters. The molecular weight excluding hydrogens is 577 g/mol. The number of hydrogen-bond acceptors (Lipinski definition) is 0. The van der Waals surface area contributed by atoms with E-state index in [1.54, 1.807) is 0 Å². The average Bonchev–Trinajstić information content (AvgIpc) is 3.17. The van der Waals surface area contributed by atoms with E-state index in [4.69, 9.17) is 0 Å². The van der Waals surface area contributed by atoms with Crippen molar-refractivity contribution in [1.82, 2.24) is 0 Å². The predicted molar refractivity (Wildman–Crippen MR) is 207 cm³/mol. The quantitative estimate of drug-likeness (QED) is 0.176. The van der Waals surface area contributed by atoms with Crippen molar-refractivity contribution < 1.29 is 0 Å². The zero-order chi connectivity index (χ0) is 31.6. The van der Waals surface area contributed by atoms with Gasteiger partial charge < -0.3 is 0 Å². The number of benzene rings is 10. The molecule has 0 atom stereocenters. The minimum absolute atomic E-state index is 1.13. The summed E-state index contributed by atoms with van der Waals surface area (Å²) >= 11 is 0. The molecule has 0 aliphatic carbocycles. The highest BCUT2D eigenvalue weighted by atomic mass is 14.3. The molecule has 0 heteroatoms. The lowest BCUT2D eigenvalue weighted by atomic mass is 9.80. The maximum atomic E-state index is 3.66. The van der Waals surface area contributed by atoms with Gasteiger partial charge in [-0.1, -0.05) is 152 Å². The summed E-state index contributed by atoms with van der Waals surface area (Å²) in [5, 5.41) is 14.9. The summed E-state index contributed by atoms with van der Waals surface area (Å²) in [6.07, 6.45) is 0. The Morgan fingerprint density at radius 2 is 0.792 bits per heavy atom. The fourth-order valence-electron chi connectivity index (χ4n) is 8.00. The maximum absolute atomic E-state index is 3.66. The Bertz CT molecular complexity index is 2880. The number of hydrogen-bond donors (Lipinski definition) is 0. The standard InChI is InChI=1S/C48H29/c1-2-15-32(16-3-1)47-42-27-26-31-14-4-7-19-35(31)44(42)30-46(43-28-33-17-5-8-20-36(33)38-22-10-12-24-40(38)43)48(47)45-29-34-18-6-9-21-37(34)39-23-11-13-25-41(39)45/h1-25,27-30H. The molecule has 0 N–H and O–H groups in total. The molecule has 0 amide bonds. The van der Waals surface area contributed by atoms with Crippen molar-refractivity contribution >= 4 is 64.6 Å². The van der Waals surface area contributed by atoms with Crippen LogP contribution in [-0.4, -0.2) is 0 Å². The van der Waals surface area contributed by atoms with Crippen LogP contribution in [0, 0.1) is 6.07 Å². The van der Waals surface area contributed by atoms with Crippen LogP contribution in [0.4, 0.5) is 0 Å². The summed E-state index contributed by atoms with van der Waals surface area (Å²) < 4.78 is 0. The minimum Gasteiger partial charge on any atom is -0.0622 e. The third kappa shape index (κ3) is 4.03. The van der Waals surface area contributed by atoms with Crippen LogP contribution in [0.3, 0.4) is 0 Å². The highest BCUT2D eigenvalue weighted by Gasteiger charge is 2.23. The lowest BCUT2D eigenvalue weighted by Gasteiger charge is -2.23. The van der Waals surface area contributed by atoms with Crippen LogP contribution in [-0.2, 0) is 0 Å². The molecule has 0 saturated heterocycles. The van der Waals surface area contributed by atoms with E-state index in [0.29, 0.717) is 0 Å². The highest BCUT2D eigenvalue weighted by Crippen LogP contribution is 2.50. The third-order valence-electron chi connectivity index (χ3n) is 10.1. The lowest BCUT2D eigenvalue weighted by molar-refractivity contribution is 1.63. The van der Waals surface area contributed by atoms with Gasteiger partial charge in [-0.3, -0.25) is 0 Å². The molecule has 0 aromatic heterocycles. The van der Waals surface area contributed by atoms with Crippen LogP contribution < -0.4 is 0 Å². The van der Waals surface area contributed by atoms with Crippen molar-refractivity contribution in [3.63, 3.8) is 0 Å². The monoisotopic (exact) mass is 605 g/mol. The minimum atomic E-state index is 1.13. The van der Waals surface area contributed by atoms with E-state index in [1.165, 1.54) is 92.6 Å². The van der Waals surface area contributed by atoms with Crippen molar-refractivity contribution in [2.24, 2.45) is 0 Å². The summed E-state index contributed by atoms with van der Waals surface area (Å²) in [6.45, 7) is 0. The summed E-state index contributed by atoms with van der Waals surface area (Å²) in [5.41, 5.74) is 7.41. The van der Waals surface area contributed by atoms with Gasteiger partial charge in [-0.25, -0.2) is 0 Å². The predicted octanol–water partition coefficient (Wildman–Crippen LogP) is 13.4. The third-order valence-corrected chi connectivity index (χ3v) is 10.1. The summed E-state index contributed by atoms with van der Waals surface area (Å²) in [4.78, 5) is 0. The summed E-state index contributed by atoms with van der Waals surface area (Å²) in [6, 6.07) is 68.2. The van der Waals surface area contributed by atoms with E-state index in [-0.39, 0.29) is 0 Å². The van der Waals surface area contributed by atoms with Gasteiger partial charge in [-0.05, 0) is 128 Å². The second kappa shape index (κ2) is 10.7. The molecule has 0 fully saturated rings. The van der Waals surface area contributed by atoms with E-state index in [9.17, 15) is 0 Å². The normalized spacial score (nSPS) is 11.8. The average molecular weight is 606 g/mol. The van der Waals surface area contributed by atoms with Crippen LogP contribution in [0.1, 0.15) is 0 Å². The molecule has 48 heavy (non-hydrogen) atoms. The first-order valence-corrected chi connectivity index (χ1v) is 16.6. The SMILES string of the molecule is [c]1cc2c(-c3ccccc3)c(-c3cc4ccccc4c4ccccc34)c(-c3cc4ccccc4c4ccccc34)cc2c2ccccc12. The fraction of sp³-hybridized carbons (Fsp3) is 0. The first-order chi connectivity index (χ1) is 23.8. The van der Waals surface area contributed by atoms with Gasteiger partial charge in [0.1, 0.15) is 0 Å². The van der Waals surface area contributed by atoms with Gasteiger partial charge in [0.15, 0.2) is 0 Å². The van der Waals surface area contributed by atoms with Crippen molar-refractivity contribution in [2.75, 3.05) is 0 Å². The Labute approximate surface area is 279 Å². The van der Waals surface area contributed by atoms with Crippen molar-refractivity contribution in [2.45, 2.75) is 0 Å². The second-order valence-electron chi connectivity index (χ2n) is 12.7. The van der Waals surface area contributed by atoms with Gasteiger partial charge in [-0.2, -0.15) is 0 Å². The van der Waals surface area contributed by atoms with Crippen LogP contribution in [0.2, 0.25) is 0 Å². The number of fused-ring (bicyclic) bond motifs is 9. The molecule has 221 valence electrons. The molecule has 0 heterocycles. The van der Waals surface area contributed by atoms with Gasteiger partial charge in [0.05, 0.1) is 0 Å². The smallest absolute Gasteiger partial charge is 0.00137 e. The van der Waals surface area contributed by atoms with E-state index in [1.807, 2.05) is 0 Å². The number of rotatable bonds is 3. The largest absolute Gasteiger partial charge is 0.0622 e. The lowest BCUT2D eigenvalue weighted by Crippen LogP contribution is -1.96. The van der Waals surface area contributed by atoms with E-state index in [0.717, 1.165) is 5.39 Å². The molecule has 10 aromatic carbocycles. The zero-order valence-corrected chi connectivity index (χ0v) is 26.2. The molecule has 0 nitrogen and oxygen atoms in total. The Hall–Kier alpha value is -6.24. The van der Waals surface area contributed by atoms with Gasteiger partial charge in [0.2, 0.25) is 0 Å². The first kappa shape index (κ1) is 26.9. The Morgan fingerprint density at radius 3 is 1.46 bits per heavy atom. The van der Waals surface area contributed by atoms with E-state index < -0.39 is 0 Å². The van der Waals surface area contributed by atoms with E-state index in [2.05, 4.69) is 182 Å². The summed E-state index contributed by atoms with van der Waals surface area (Å²) in [5.74, 6) is 0. The molecule has 0 saturated carbocycles. The molecule has 0 aliphatic heterocycles. The molecule has 0 bridgehead atoms. The van der Waals surface area contributed by atoms with E-state index >= 15 is 0 Å². The van der Waals surface area contributed by atoms with Gasteiger partial charge >= 0.3 is 0 Å². The van der Waals surface area contributed by atoms with Gasteiger partial charge in [0.25, 0.3) is 0 Å². The van der Waals surface area contributed by atoms with Crippen LogP contribution >= 0.6 is 0 Å². The topological polar surface area (TPSA) is 0 Å². The Balaban J connectivity index is 1.49. The van der Waals surface area contributed by atoms with Gasteiger partial charge in [-0.15, -0.1) is 0 Å². The van der Waals surface area contributed by atoms with Gasteiger partial charge in [0, 0.05) is 0 Å². The molecule has 10 rings (SSSR count).